The van der Waals surface area contributed by atoms with E-state index in [1.807, 2.05) is 19.1 Å². The Bertz CT molecular complexity index is 918. The van der Waals surface area contributed by atoms with Crippen LogP contribution in [0.1, 0.15) is 5.69 Å². The highest BCUT2D eigenvalue weighted by Crippen LogP contribution is 2.21. The van der Waals surface area contributed by atoms with E-state index in [0.29, 0.717) is 24.4 Å². The van der Waals surface area contributed by atoms with Crippen LogP contribution in [0.2, 0.25) is 0 Å². The van der Waals surface area contributed by atoms with Gasteiger partial charge in [0, 0.05) is 25.0 Å². The lowest BCUT2D eigenvalue weighted by molar-refractivity contribution is 0.00167. The Morgan fingerprint density at radius 2 is 2.19 bits per heavy atom. The number of morpholine rings is 1. The SMILES string of the molecule is Cc1cc2c(NC(=O)NC[C@H]3CN(S(C)(=O)=O)CCO3)cccc2nn1. The number of ether oxygens (including phenoxy) is 1. The molecule has 9 nitrogen and oxygen atoms in total. The smallest absolute Gasteiger partial charge is 0.319 e. The molecule has 0 aliphatic carbocycles. The summed E-state index contributed by atoms with van der Waals surface area (Å²) < 4.78 is 30.1. The summed E-state index contributed by atoms with van der Waals surface area (Å²) >= 11 is 0. The number of amides is 2. The van der Waals surface area contributed by atoms with Gasteiger partial charge < -0.3 is 15.4 Å². The van der Waals surface area contributed by atoms with Gasteiger partial charge in [-0.1, -0.05) is 6.07 Å². The van der Waals surface area contributed by atoms with Crippen molar-refractivity contribution in [2.45, 2.75) is 13.0 Å². The predicted octanol–water partition coefficient (Wildman–Crippen LogP) is 0.720. The maximum atomic E-state index is 12.2. The van der Waals surface area contributed by atoms with Crippen molar-refractivity contribution in [1.82, 2.24) is 19.8 Å². The maximum Gasteiger partial charge on any atom is 0.319 e. The Balaban J connectivity index is 1.61. The van der Waals surface area contributed by atoms with Gasteiger partial charge in [-0.15, -0.1) is 0 Å². The number of hydrogen-bond donors (Lipinski definition) is 2. The average Bonchev–Trinajstić information content (AvgIpc) is 2.60. The minimum atomic E-state index is -3.26. The molecule has 1 aromatic heterocycles. The van der Waals surface area contributed by atoms with Gasteiger partial charge >= 0.3 is 6.03 Å². The number of hydrogen-bond acceptors (Lipinski definition) is 6. The van der Waals surface area contributed by atoms with E-state index in [4.69, 9.17) is 4.74 Å². The number of carbonyl (C=O) groups is 1. The summed E-state index contributed by atoms with van der Waals surface area (Å²) in [5.74, 6) is 0. The van der Waals surface area contributed by atoms with Crippen molar-refractivity contribution in [1.29, 1.82) is 0 Å². The molecule has 2 amide bonds. The minimum Gasteiger partial charge on any atom is -0.374 e. The Morgan fingerprint density at radius 1 is 1.38 bits per heavy atom. The molecule has 2 heterocycles. The second-order valence-electron chi connectivity index (χ2n) is 6.17. The van der Waals surface area contributed by atoms with E-state index < -0.39 is 16.1 Å². The molecule has 0 unspecified atom stereocenters. The van der Waals surface area contributed by atoms with E-state index in [1.54, 1.807) is 12.1 Å². The fourth-order valence-corrected chi connectivity index (χ4v) is 3.60. The molecular formula is C16H21N5O4S. The Kier molecular flexibility index (Phi) is 5.35. The second-order valence-corrected chi connectivity index (χ2v) is 8.16. The van der Waals surface area contributed by atoms with Gasteiger partial charge in [0.05, 0.1) is 35.9 Å². The van der Waals surface area contributed by atoms with Gasteiger partial charge in [0.25, 0.3) is 0 Å². The monoisotopic (exact) mass is 379 g/mol. The van der Waals surface area contributed by atoms with E-state index in [1.165, 1.54) is 10.6 Å². The zero-order chi connectivity index (χ0) is 18.7. The Labute approximate surface area is 151 Å². The Morgan fingerprint density at radius 3 is 2.96 bits per heavy atom. The van der Waals surface area contributed by atoms with Crippen LogP contribution in [0, 0.1) is 6.92 Å². The molecule has 3 rings (SSSR count). The van der Waals surface area contributed by atoms with Gasteiger partial charge in [-0.3, -0.25) is 0 Å². The largest absolute Gasteiger partial charge is 0.374 e. The molecule has 0 bridgehead atoms. The third-order valence-corrected chi connectivity index (χ3v) is 5.33. The van der Waals surface area contributed by atoms with Crippen LogP contribution in [-0.4, -0.2) is 67.6 Å². The number of anilines is 1. The highest BCUT2D eigenvalue weighted by molar-refractivity contribution is 7.88. The molecule has 1 atom stereocenters. The first-order valence-electron chi connectivity index (χ1n) is 8.17. The van der Waals surface area contributed by atoms with Crippen LogP contribution in [0.5, 0.6) is 0 Å². The van der Waals surface area contributed by atoms with E-state index in [2.05, 4.69) is 20.8 Å². The van der Waals surface area contributed by atoms with Crippen LogP contribution in [0.15, 0.2) is 24.3 Å². The third kappa shape index (κ3) is 4.45. The molecule has 2 N–H and O–H groups in total. The van der Waals surface area contributed by atoms with Crippen LogP contribution in [-0.2, 0) is 14.8 Å². The van der Waals surface area contributed by atoms with E-state index in [9.17, 15) is 13.2 Å². The summed E-state index contributed by atoms with van der Waals surface area (Å²) in [6.45, 7) is 2.90. The van der Waals surface area contributed by atoms with E-state index in [-0.39, 0.29) is 19.2 Å². The van der Waals surface area contributed by atoms with Crippen molar-refractivity contribution in [2.24, 2.45) is 0 Å². The molecule has 1 saturated heterocycles. The first kappa shape index (κ1) is 18.5. The van der Waals surface area contributed by atoms with Crippen LogP contribution < -0.4 is 10.6 Å². The lowest BCUT2D eigenvalue weighted by atomic mass is 10.2. The van der Waals surface area contributed by atoms with Crippen molar-refractivity contribution < 1.29 is 17.9 Å². The molecule has 0 spiro atoms. The second kappa shape index (κ2) is 7.52. The molecule has 1 aromatic carbocycles. The number of carbonyl (C=O) groups excluding carboxylic acids is 1. The molecule has 1 aliphatic heterocycles. The fourth-order valence-electron chi connectivity index (χ4n) is 2.76. The molecule has 10 heteroatoms. The first-order valence-corrected chi connectivity index (χ1v) is 10.0. The number of urea groups is 1. The summed E-state index contributed by atoms with van der Waals surface area (Å²) in [6, 6.07) is 6.85. The number of nitrogens with one attached hydrogen (secondary N) is 2. The van der Waals surface area contributed by atoms with Crippen LogP contribution in [0.25, 0.3) is 10.9 Å². The first-order chi connectivity index (χ1) is 12.3. The lowest BCUT2D eigenvalue weighted by Crippen LogP contribution is -2.49. The van der Waals surface area contributed by atoms with E-state index >= 15 is 0 Å². The van der Waals surface area contributed by atoms with Crippen molar-refractivity contribution in [3.05, 3.63) is 30.0 Å². The topological polar surface area (TPSA) is 114 Å². The summed E-state index contributed by atoms with van der Waals surface area (Å²) in [4.78, 5) is 12.2. The van der Waals surface area contributed by atoms with Gasteiger partial charge in [0.2, 0.25) is 10.0 Å². The van der Waals surface area contributed by atoms with Gasteiger partial charge in [0.15, 0.2) is 0 Å². The van der Waals surface area contributed by atoms with Gasteiger partial charge in [0.1, 0.15) is 0 Å². The quantitative estimate of drug-likeness (QED) is 0.809. The number of rotatable bonds is 4. The minimum absolute atomic E-state index is 0.210. The molecule has 0 radical (unpaired) electrons. The Hall–Kier alpha value is -2.30. The number of fused-ring (bicyclic) bond motifs is 1. The zero-order valence-corrected chi connectivity index (χ0v) is 15.4. The number of aryl methyl sites for hydroxylation is 1. The van der Waals surface area contributed by atoms with E-state index in [0.717, 1.165) is 11.1 Å². The fraction of sp³-hybridized carbons (Fsp3) is 0.438. The standard InChI is InChI=1S/C16H21N5O4S/c1-11-8-13-14(4-3-5-15(13)20-19-11)18-16(22)17-9-12-10-21(6-7-25-12)26(2,23)24/h3-5,8,12H,6-7,9-10H2,1-2H3,(H2,17,18,22)/t12-/m0/s1. The van der Waals surface area contributed by atoms with Crippen LogP contribution in [0.3, 0.4) is 0 Å². The zero-order valence-electron chi connectivity index (χ0n) is 14.6. The predicted molar refractivity (Wildman–Crippen MR) is 97.5 cm³/mol. The summed E-state index contributed by atoms with van der Waals surface area (Å²) in [5.41, 5.74) is 2.07. The maximum absolute atomic E-state index is 12.2. The van der Waals surface area contributed by atoms with Crippen molar-refractivity contribution in [2.75, 3.05) is 37.8 Å². The molecule has 1 fully saturated rings. The molecular weight excluding hydrogens is 358 g/mol. The molecule has 0 saturated carbocycles. The molecule has 2 aromatic rings. The highest BCUT2D eigenvalue weighted by Gasteiger charge is 2.26. The van der Waals surface area contributed by atoms with Crippen LogP contribution >= 0.6 is 0 Å². The third-order valence-electron chi connectivity index (χ3n) is 4.06. The summed E-state index contributed by atoms with van der Waals surface area (Å²) in [7, 11) is -3.26. The van der Waals surface area contributed by atoms with Crippen molar-refractivity contribution >= 4 is 32.6 Å². The summed E-state index contributed by atoms with van der Waals surface area (Å²) in [5, 5.41) is 14.4. The van der Waals surface area contributed by atoms with Crippen molar-refractivity contribution in [3.8, 4) is 0 Å². The van der Waals surface area contributed by atoms with Gasteiger partial charge in [-0.05, 0) is 25.1 Å². The van der Waals surface area contributed by atoms with Gasteiger partial charge in [-0.2, -0.15) is 14.5 Å². The molecule has 26 heavy (non-hydrogen) atoms. The van der Waals surface area contributed by atoms with Gasteiger partial charge in [-0.25, -0.2) is 13.2 Å². The molecule has 1 aliphatic rings. The normalized spacial score (nSPS) is 18.6. The molecule has 140 valence electrons. The lowest BCUT2D eigenvalue weighted by Gasteiger charge is -2.31. The highest BCUT2D eigenvalue weighted by atomic mass is 32.2. The number of benzene rings is 1. The average molecular weight is 379 g/mol. The van der Waals surface area contributed by atoms with Crippen molar-refractivity contribution in [3.63, 3.8) is 0 Å². The number of nitrogens with zero attached hydrogens (tertiary/aromatic N) is 3. The summed E-state index contributed by atoms with van der Waals surface area (Å²) in [6.07, 6.45) is 0.783. The number of aromatic nitrogens is 2. The van der Waals surface area contributed by atoms with Crippen LogP contribution in [0.4, 0.5) is 10.5 Å². The number of sulfonamides is 1.